The summed E-state index contributed by atoms with van der Waals surface area (Å²) in [4.78, 5) is 12.1. The van der Waals surface area contributed by atoms with Crippen LogP contribution in [0.3, 0.4) is 0 Å². The molecule has 1 amide bonds. The Morgan fingerprint density at radius 3 is 2.52 bits per heavy atom. The van der Waals surface area contributed by atoms with Crippen molar-refractivity contribution in [1.29, 1.82) is 0 Å². The van der Waals surface area contributed by atoms with Crippen molar-refractivity contribution in [2.24, 2.45) is 0 Å². The van der Waals surface area contributed by atoms with Gasteiger partial charge >= 0.3 is 0 Å². The zero-order valence-electron chi connectivity index (χ0n) is 15.7. The average molecular weight is 424 g/mol. The molecule has 8 nitrogen and oxygen atoms in total. The first-order valence-corrected chi connectivity index (χ1v) is 10.2. The largest absolute Gasteiger partial charge is 0.489 e. The van der Waals surface area contributed by atoms with Crippen LogP contribution in [0, 0.1) is 5.82 Å². The second kappa shape index (κ2) is 8.46. The number of hydroxylamine groups is 1. The minimum absolute atomic E-state index is 0.0227. The van der Waals surface area contributed by atoms with Crippen LogP contribution in [0.1, 0.15) is 12.5 Å². The van der Waals surface area contributed by atoms with Gasteiger partial charge in [0, 0.05) is 6.54 Å². The van der Waals surface area contributed by atoms with E-state index in [-0.39, 0.29) is 37.1 Å². The molecule has 2 N–H and O–H groups in total. The minimum Gasteiger partial charge on any atom is -0.489 e. The Labute approximate surface area is 167 Å². The highest BCUT2D eigenvalue weighted by atomic mass is 32.2. The smallest absolute Gasteiger partial charge is 0.266 e. The molecule has 1 saturated heterocycles. The molecule has 0 bridgehead atoms. The van der Waals surface area contributed by atoms with E-state index in [0.29, 0.717) is 5.75 Å². The highest BCUT2D eigenvalue weighted by molar-refractivity contribution is 7.89. The van der Waals surface area contributed by atoms with E-state index in [9.17, 15) is 17.6 Å². The number of halogens is 1. The van der Waals surface area contributed by atoms with Crippen molar-refractivity contribution >= 4 is 15.9 Å². The third-order valence-electron chi connectivity index (χ3n) is 4.69. The van der Waals surface area contributed by atoms with Gasteiger partial charge in [0.25, 0.3) is 5.91 Å². The number of nitrogens with one attached hydrogen (secondary N) is 1. The summed E-state index contributed by atoms with van der Waals surface area (Å²) >= 11 is 0. The van der Waals surface area contributed by atoms with Crippen LogP contribution in [-0.4, -0.2) is 49.1 Å². The summed E-state index contributed by atoms with van der Waals surface area (Å²) in [6.07, 6.45) is 0. The molecule has 0 saturated carbocycles. The van der Waals surface area contributed by atoms with Crippen LogP contribution in [0.2, 0.25) is 0 Å². The molecule has 0 unspecified atom stereocenters. The van der Waals surface area contributed by atoms with Gasteiger partial charge in [0.1, 0.15) is 23.7 Å². The second-order valence-corrected chi connectivity index (χ2v) is 8.59. The van der Waals surface area contributed by atoms with Crippen molar-refractivity contribution in [2.75, 3.05) is 19.8 Å². The van der Waals surface area contributed by atoms with Gasteiger partial charge in [-0.05, 0) is 48.9 Å². The van der Waals surface area contributed by atoms with E-state index in [4.69, 9.17) is 14.7 Å². The fourth-order valence-corrected chi connectivity index (χ4v) is 4.72. The highest BCUT2D eigenvalue weighted by Gasteiger charge is 2.48. The summed E-state index contributed by atoms with van der Waals surface area (Å²) in [6, 6.07) is 11.6. The molecule has 2 aromatic carbocycles. The Balaban J connectivity index is 1.76. The average Bonchev–Trinajstić information content (AvgIpc) is 2.73. The molecule has 0 aromatic heterocycles. The lowest BCUT2D eigenvalue weighted by atomic mass is 10.0. The van der Waals surface area contributed by atoms with Gasteiger partial charge in [0.2, 0.25) is 10.0 Å². The lowest BCUT2D eigenvalue weighted by Gasteiger charge is -2.41. The van der Waals surface area contributed by atoms with Crippen LogP contribution in [0.5, 0.6) is 5.75 Å². The van der Waals surface area contributed by atoms with E-state index in [1.807, 2.05) is 0 Å². The molecular formula is C19H21FN2O6S. The zero-order valence-corrected chi connectivity index (χ0v) is 16.5. The summed E-state index contributed by atoms with van der Waals surface area (Å²) in [5, 5.41) is 9.00. The van der Waals surface area contributed by atoms with E-state index in [1.54, 1.807) is 12.1 Å². The van der Waals surface area contributed by atoms with Crippen LogP contribution < -0.4 is 10.2 Å². The molecule has 3 rings (SSSR count). The Hall–Kier alpha value is -2.53. The third-order valence-corrected chi connectivity index (χ3v) is 6.73. The maximum Gasteiger partial charge on any atom is 0.266 e. The Morgan fingerprint density at radius 2 is 1.90 bits per heavy atom. The molecule has 0 aliphatic carbocycles. The molecular weight excluding hydrogens is 403 g/mol. The highest BCUT2D eigenvalue weighted by Crippen LogP contribution is 2.29. The predicted octanol–water partition coefficient (Wildman–Crippen LogP) is 1.69. The molecule has 1 heterocycles. The Bertz CT molecular complexity index is 965. The lowest BCUT2D eigenvalue weighted by Crippen LogP contribution is -2.64. The molecule has 156 valence electrons. The predicted molar refractivity (Wildman–Crippen MR) is 100 cm³/mol. The lowest BCUT2D eigenvalue weighted by molar-refractivity contribution is -0.146. The van der Waals surface area contributed by atoms with E-state index in [2.05, 4.69) is 0 Å². The number of hydrogen-bond donors (Lipinski definition) is 2. The SMILES string of the molecule is C[C@]1(C(=O)NO)COCCN1S(=O)(=O)c1ccc(OCc2ccc(F)cc2)cc1. The van der Waals surface area contributed by atoms with E-state index in [1.165, 1.54) is 48.8 Å². The molecule has 10 heteroatoms. The van der Waals surface area contributed by atoms with Gasteiger partial charge in [-0.2, -0.15) is 4.31 Å². The van der Waals surface area contributed by atoms with E-state index in [0.717, 1.165) is 9.87 Å². The quantitative estimate of drug-likeness (QED) is 0.540. The number of hydrogen-bond acceptors (Lipinski definition) is 6. The minimum atomic E-state index is -4.03. The van der Waals surface area contributed by atoms with Gasteiger partial charge in [-0.25, -0.2) is 18.3 Å². The number of carbonyl (C=O) groups excluding carboxylic acids is 1. The van der Waals surface area contributed by atoms with Crippen LogP contribution >= 0.6 is 0 Å². The number of rotatable bonds is 6. The number of amides is 1. The summed E-state index contributed by atoms with van der Waals surface area (Å²) in [5.74, 6) is -0.778. The van der Waals surface area contributed by atoms with Crippen LogP contribution in [0.25, 0.3) is 0 Å². The summed E-state index contributed by atoms with van der Waals surface area (Å²) in [7, 11) is -4.03. The summed E-state index contributed by atoms with van der Waals surface area (Å²) in [5.41, 5.74) is 0.691. The first-order chi connectivity index (χ1) is 13.8. The standard InChI is InChI=1S/C19H21FN2O6S/c1-19(18(23)21-24)13-27-11-10-22(19)29(25,26)17-8-6-16(7-9-17)28-12-14-2-4-15(20)5-3-14/h2-9,24H,10-13H2,1H3,(H,21,23)/t19-/m1/s1. The van der Waals surface area contributed by atoms with Gasteiger partial charge in [0.15, 0.2) is 0 Å². The number of benzene rings is 2. The normalized spacial score (nSPS) is 20.2. The van der Waals surface area contributed by atoms with Crippen LogP contribution in [-0.2, 0) is 26.2 Å². The third kappa shape index (κ3) is 4.40. The number of ether oxygens (including phenoxy) is 2. The number of nitrogens with zero attached hydrogens (tertiary/aromatic N) is 1. The van der Waals surface area contributed by atoms with Crippen molar-refractivity contribution in [2.45, 2.75) is 24.0 Å². The Kier molecular flexibility index (Phi) is 6.18. The fourth-order valence-electron chi connectivity index (χ4n) is 3.00. The fraction of sp³-hybridized carbons (Fsp3) is 0.316. The Morgan fingerprint density at radius 1 is 1.24 bits per heavy atom. The topological polar surface area (TPSA) is 105 Å². The van der Waals surface area contributed by atoms with Crippen molar-refractivity contribution in [1.82, 2.24) is 9.79 Å². The first-order valence-electron chi connectivity index (χ1n) is 8.80. The zero-order chi connectivity index (χ0) is 21.1. The van der Waals surface area contributed by atoms with Gasteiger partial charge in [0.05, 0.1) is 18.1 Å². The van der Waals surface area contributed by atoms with Crippen molar-refractivity contribution in [3.05, 3.63) is 59.9 Å². The number of sulfonamides is 1. The van der Waals surface area contributed by atoms with E-state index < -0.39 is 21.5 Å². The van der Waals surface area contributed by atoms with Gasteiger partial charge in [-0.15, -0.1) is 0 Å². The van der Waals surface area contributed by atoms with Crippen LogP contribution in [0.4, 0.5) is 4.39 Å². The van der Waals surface area contributed by atoms with E-state index >= 15 is 0 Å². The molecule has 0 radical (unpaired) electrons. The maximum atomic E-state index is 13.1. The first kappa shape index (κ1) is 21.2. The van der Waals surface area contributed by atoms with Crippen LogP contribution in [0.15, 0.2) is 53.4 Å². The summed E-state index contributed by atoms with van der Waals surface area (Å²) in [6.45, 7) is 1.50. The molecule has 1 aliphatic heterocycles. The second-order valence-electron chi connectivity index (χ2n) is 6.73. The van der Waals surface area contributed by atoms with Gasteiger partial charge in [-0.3, -0.25) is 10.0 Å². The molecule has 29 heavy (non-hydrogen) atoms. The molecule has 1 fully saturated rings. The van der Waals surface area contributed by atoms with Crippen molar-refractivity contribution < 1.29 is 32.3 Å². The van der Waals surface area contributed by atoms with Gasteiger partial charge in [-0.1, -0.05) is 12.1 Å². The monoisotopic (exact) mass is 424 g/mol. The van der Waals surface area contributed by atoms with Gasteiger partial charge < -0.3 is 9.47 Å². The number of morpholine rings is 1. The molecule has 0 spiro atoms. The maximum absolute atomic E-state index is 13.1. The molecule has 2 aromatic rings. The molecule has 1 atom stereocenters. The number of carbonyl (C=O) groups is 1. The summed E-state index contributed by atoms with van der Waals surface area (Å²) < 4.78 is 51.0. The van der Waals surface area contributed by atoms with Crippen molar-refractivity contribution in [3.63, 3.8) is 0 Å². The van der Waals surface area contributed by atoms with Crippen molar-refractivity contribution in [3.8, 4) is 5.75 Å². The molecule has 1 aliphatic rings.